The lowest BCUT2D eigenvalue weighted by Gasteiger charge is -2.18. The van der Waals surface area contributed by atoms with Crippen molar-refractivity contribution in [3.63, 3.8) is 0 Å². The number of hydrogen-bond donors (Lipinski definition) is 1. The first kappa shape index (κ1) is 11.4. The molecule has 78 valence electrons. The summed E-state index contributed by atoms with van der Waals surface area (Å²) < 4.78 is 0. The monoisotopic (exact) mass is 210 g/mol. The highest BCUT2D eigenvalue weighted by Gasteiger charge is 2.05. The Labute approximate surface area is 90.1 Å². The summed E-state index contributed by atoms with van der Waals surface area (Å²) in [4.78, 5) is 4.35. The standard InChI is InChI=1S/C11H18N2S/c1-9-13-10(8-14-9)6-5-7-12-11(2,3)4/h5-6,8,12H,7H2,1-4H3. The van der Waals surface area contributed by atoms with Crippen molar-refractivity contribution in [3.8, 4) is 0 Å². The molecule has 0 fully saturated rings. The Morgan fingerprint density at radius 1 is 1.50 bits per heavy atom. The molecular formula is C11H18N2S. The summed E-state index contributed by atoms with van der Waals surface area (Å²) >= 11 is 1.69. The smallest absolute Gasteiger partial charge is 0.0901 e. The maximum absolute atomic E-state index is 4.35. The molecule has 0 atom stereocenters. The van der Waals surface area contributed by atoms with Gasteiger partial charge in [-0.25, -0.2) is 4.98 Å². The topological polar surface area (TPSA) is 24.9 Å². The van der Waals surface area contributed by atoms with Gasteiger partial charge in [-0.15, -0.1) is 11.3 Å². The van der Waals surface area contributed by atoms with Crippen molar-refractivity contribution in [1.29, 1.82) is 0 Å². The van der Waals surface area contributed by atoms with Crippen LogP contribution in [0.15, 0.2) is 11.5 Å². The first-order valence-corrected chi connectivity index (χ1v) is 5.69. The third kappa shape index (κ3) is 4.53. The molecule has 1 rings (SSSR count). The minimum absolute atomic E-state index is 0.183. The molecule has 0 saturated heterocycles. The van der Waals surface area contributed by atoms with Crippen LogP contribution in [0, 0.1) is 6.92 Å². The highest BCUT2D eigenvalue weighted by atomic mass is 32.1. The zero-order chi connectivity index (χ0) is 10.6. The van der Waals surface area contributed by atoms with Crippen LogP contribution in [0.25, 0.3) is 6.08 Å². The molecule has 0 spiro atoms. The quantitative estimate of drug-likeness (QED) is 0.830. The number of aromatic nitrogens is 1. The molecule has 1 heterocycles. The zero-order valence-corrected chi connectivity index (χ0v) is 10.1. The van der Waals surface area contributed by atoms with Crippen molar-refractivity contribution < 1.29 is 0 Å². The molecule has 2 nitrogen and oxygen atoms in total. The van der Waals surface area contributed by atoms with E-state index in [1.807, 2.05) is 6.92 Å². The van der Waals surface area contributed by atoms with E-state index < -0.39 is 0 Å². The number of hydrogen-bond acceptors (Lipinski definition) is 3. The molecule has 0 bridgehead atoms. The SMILES string of the molecule is Cc1nc(C=CCNC(C)(C)C)cs1. The summed E-state index contributed by atoms with van der Waals surface area (Å²) in [5.74, 6) is 0. The normalized spacial score (nSPS) is 12.6. The van der Waals surface area contributed by atoms with E-state index in [2.05, 4.69) is 48.6 Å². The number of nitrogens with one attached hydrogen (secondary N) is 1. The van der Waals surface area contributed by atoms with Gasteiger partial charge in [0.2, 0.25) is 0 Å². The molecule has 3 heteroatoms. The fourth-order valence-corrected chi connectivity index (χ4v) is 1.58. The average molecular weight is 210 g/mol. The molecular weight excluding hydrogens is 192 g/mol. The predicted octanol–water partition coefficient (Wildman–Crippen LogP) is 2.85. The van der Waals surface area contributed by atoms with Gasteiger partial charge >= 0.3 is 0 Å². The van der Waals surface area contributed by atoms with Crippen molar-refractivity contribution in [2.24, 2.45) is 0 Å². The van der Waals surface area contributed by atoms with Gasteiger partial charge in [0.1, 0.15) is 0 Å². The van der Waals surface area contributed by atoms with Crippen LogP contribution in [-0.2, 0) is 0 Å². The molecule has 14 heavy (non-hydrogen) atoms. The summed E-state index contributed by atoms with van der Waals surface area (Å²) in [5, 5.41) is 6.58. The highest BCUT2D eigenvalue weighted by Crippen LogP contribution is 2.08. The Bertz CT molecular complexity index is 307. The van der Waals surface area contributed by atoms with Gasteiger partial charge in [0.05, 0.1) is 10.7 Å². The fraction of sp³-hybridized carbons (Fsp3) is 0.545. The van der Waals surface area contributed by atoms with Gasteiger partial charge < -0.3 is 5.32 Å². The molecule has 0 radical (unpaired) electrons. The van der Waals surface area contributed by atoms with Crippen LogP contribution in [0.5, 0.6) is 0 Å². The number of rotatable bonds is 3. The molecule has 0 unspecified atom stereocenters. The minimum atomic E-state index is 0.183. The van der Waals surface area contributed by atoms with Gasteiger partial charge in [-0.3, -0.25) is 0 Å². The molecule has 0 amide bonds. The number of aryl methyl sites for hydroxylation is 1. The maximum Gasteiger partial charge on any atom is 0.0901 e. The second-order valence-electron chi connectivity index (χ2n) is 4.32. The van der Waals surface area contributed by atoms with Crippen LogP contribution < -0.4 is 5.32 Å². The van der Waals surface area contributed by atoms with Crippen molar-refractivity contribution in [2.45, 2.75) is 33.2 Å². The first-order chi connectivity index (χ1) is 6.47. The Balaban J connectivity index is 2.35. The van der Waals surface area contributed by atoms with Gasteiger partial charge in [-0.2, -0.15) is 0 Å². The van der Waals surface area contributed by atoms with Crippen LogP contribution in [0.1, 0.15) is 31.5 Å². The van der Waals surface area contributed by atoms with E-state index in [-0.39, 0.29) is 5.54 Å². The van der Waals surface area contributed by atoms with Crippen molar-refractivity contribution in [1.82, 2.24) is 10.3 Å². The Kier molecular flexibility index (Phi) is 3.84. The van der Waals surface area contributed by atoms with E-state index >= 15 is 0 Å². The van der Waals surface area contributed by atoms with E-state index in [1.165, 1.54) is 0 Å². The lowest BCUT2D eigenvalue weighted by atomic mass is 10.1. The largest absolute Gasteiger partial charge is 0.309 e. The second kappa shape index (κ2) is 4.71. The lowest BCUT2D eigenvalue weighted by Crippen LogP contribution is -2.35. The van der Waals surface area contributed by atoms with E-state index in [4.69, 9.17) is 0 Å². The lowest BCUT2D eigenvalue weighted by molar-refractivity contribution is 0.450. The average Bonchev–Trinajstić information content (AvgIpc) is 2.44. The Hall–Kier alpha value is -0.670. The van der Waals surface area contributed by atoms with Crippen LogP contribution in [0.3, 0.4) is 0 Å². The van der Waals surface area contributed by atoms with Crippen molar-refractivity contribution in [2.75, 3.05) is 6.54 Å². The predicted molar refractivity (Wildman–Crippen MR) is 63.6 cm³/mol. The summed E-state index contributed by atoms with van der Waals surface area (Å²) in [6.07, 6.45) is 4.17. The molecule has 1 N–H and O–H groups in total. The summed E-state index contributed by atoms with van der Waals surface area (Å²) in [6.45, 7) is 9.39. The Morgan fingerprint density at radius 3 is 2.71 bits per heavy atom. The van der Waals surface area contributed by atoms with Gasteiger partial charge in [0, 0.05) is 17.5 Å². The van der Waals surface area contributed by atoms with Gasteiger partial charge in [0.25, 0.3) is 0 Å². The Morgan fingerprint density at radius 2 is 2.21 bits per heavy atom. The van der Waals surface area contributed by atoms with Crippen molar-refractivity contribution in [3.05, 3.63) is 22.2 Å². The van der Waals surface area contributed by atoms with Crippen LogP contribution >= 0.6 is 11.3 Å². The maximum atomic E-state index is 4.35. The summed E-state index contributed by atoms with van der Waals surface area (Å²) in [6, 6.07) is 0. The molecule has 0 aliphatic carbocycles. The van der Waals surface area contributed by atoms with Gasteiger partial charge in [-0.1, -0.05) is 6.08 Å². The van der Waals surface area contributed by atoms with E-state index in [0.29, 0.717) is 0 Å². The highest BCUT2D eigenvalue weighted by molar-refractivity contribution is 7.09. The van der Waals surface area contributed by atoms with Crippen LogP contribution in [0.4, 0.5) is 0 Å². The fourth-order valence-electron chi connectivity index (χ4n) is 1.00. The zero-order valence-electron chi connectivity index (χ0n) is 9.29. The number of thiazole rings is 1. The number of nitrogens with zero attached hydrogens (tertiary/aromatic N) is 1. The van der Waals surface area contributed by atoms with E-state index in [0.717, 1.165) is 17.2 Å². The van der Waals surface area contributed by atoms with Crippen molar-refractivity contribution >= 4 is 17.4 Å². The minimum Gasteiger partial charge on any atom is -0.309 e. The molecule has 1 aromatic heterocycles. The third-order valence-corrected chi connectivity index (χ3v) is 2.47. The first-order valence-electron chi connectivity index (χ1n) is 4.81. The van der Waals surface area contributed by atoms with E-state index in [9.17, 15) is 0 Å². The molecule has 1 aromatic rings. The van der Waals surface area contributed by atoms with Crippen LogP contribution in [-0.4, -0.2) is 17.1 Å². The second-order valence-corrected chi connectivity index (χ2v) is 5.39. The van der Waals surface area contributed by atoms with Crippen LogP contribution in [0.2, 0.25) is 0 Å². The summed E-state index contributed by atoms with van der Waals surface area (Å²) in [7, 11) is 0. The molecule has 0 aliphatic rings. The third-order valence-electron chi connectivity index (χ3n) is 1.68. The van der Waals surface area contributed by atoms with E-state index in [1.54, 1.807) is 11.3 Å². The van der Waals surface area contributed by atoms with Gasteiger partial charge in [-0.05, 0) is 33.8 Å². The van der Waals surface area contributed by atoms with Gasteiger partial charge in [0.15, 0.2) is 0 Å². The molecule has 0 aromatic carbocycles. The molecule has 0 saturated carbocycles. The summed E-state index contributed by atoms with van der Waals surface area (Å²) in [5.41, 5.74) is 1.24. The molecule has 0 aliphatic heterocycles.